The van der Waals surface area contributed by atoms with Gasteiger partial charge in [0, 0.05) is 31.6 Å². The van der Waals surface area contributed by atoms with Crippen LogP contribution in [-0.4, -0.2) is 30.7 Å². The van der Waals surface area contributed by atoms with Crippen molar-refractivity contribution in [3.05, 3.63) is 33.8 Å². The Morgan fingerprint density at radius 1 is 1.48 bits per heavy atom. The van der Waals surface area contributed by atoms with Gasteiger partial charge in [-0.1, -0.05) is 0 Å². The van der Waals surface area contributed by atoms with Gasteiger partial charge in [0.2, 0.25) is 0 Å². The largest absolute Gasteiger partial charge is 0.377 e. The molecule has 1 N–H and O–H groups in total. The molecule has 0 radical (unpaired) electrons. The predicted octanol–water partition coefficient (Wildman–Crippen LogP) is 2.85. The summed E-state index contributed by atoms with van der Waals surface area (Å²) >= 11 is 1.85. The summed E-state index contributed by atoms with van der Waals surface area (Å²) in [5.74, 6) is 2.50. The van der Waals surface area contributed by atoms with Crippen LogP contribution in [0.25, 0.3) is 0 Å². The molecule has 3 rings (SSSR count). The smallest absolute Gasteiger partial charge is 0.158 e. The SMILES string of the molecule is CNc1cc(N2CCc3sccc3C2C)nc(COC)n1. The van der Waals surface area contributed by atoms with Crippen LogP contribution in [-0.2, 0) is 17.8 Å². The lowest BCUT2D eigenvalue weighted by Crippen LogP contribution is -2.34. The Morgan fingerprint density at radius 2 is 2.33 bits per heavy atom. The van der Waals surface area contributed by atoms with Crippen LogP contribution in [0, 0.1) is 0 Å². The van der Waals surface area contributed by atoms with Crippen molar-refractivity contribution in [1.82, 2.24) is 9.97 Å². The fourth-order valence-corrected chi connectivity index (χ4v) is 3.74. The number of fused-ring (bicyclic) bond motifs is 1. The van der Waals surface area contributed by atoms with Gasteiger partial charge in [0.05, 0.1) is 6.04 Å². The Bertz CT molecular complexity index is 628. The summed E-state index contributed by atoms with van der Waals surface area (Å²) in [6.07, 6.45) is 1.08. The Hall–Kier alpha value is -1.66. The number of ether oxygens (including phenoxy) is 1. The molecule has 1 atom stereocenters. The average molecular weight is 304 g/mol. The Morgan fingerprint density at radius 3 is 3.10 bits per heavy atom. The maximum atomic E-state index is 5.17. The molecule has 5 nitrogen and oxygen atoms in total. The topological polar surface area (TPSA) is 50.3 Å². The van der Waals surface area contributed by atoms with Crippen LogP contribution >= 0.6 is 11.3 Å². The van der Waals surface area contributed by atoms with Crippen LogP contribution in [0.2, 0.25) is 0 Å². The van der Waals surface area contributed by atoms with Crippen molar-refractivity contribution in [2.24, 2.45) is 0 Å². The molecule has 0 bridgehead atoms. The van der Waals surface area contributed by atoms with Gasteiger partial charge in [-0.15, -0.1) is 11.3 Å². The number of aromatic nitrogens is 2. The molecular weight excluding hydrogens is 284 g/mol. The third kappa shape index (κ3) is 2.73. The Labute approximate surface area is 129 Å². The van der Waals surface area contributed by atoms with E-state index in [2.05, 4.69) is 38.6 Å². The third-order valence-electron chi connectivity index (χ3n) is 3.86. The lowest BCUT2D eigenvalue weighted by molar-refractivity contribution is 0.178. The molecule has 0 spiro atoms. The van der Waals surface area contributed by atoms with Crippen molar-refractivity contribution in [1.29, 1.82) is 0 Å². The van der Waals surface area contributed by atoms with Crippen molar-refractivity contribution < 1.29 is 4.74 Å². The van der Waals surface area contributed by atoms with Gasteiger partial charge in [-0.25, -0.2) is 9.97 Å². The number of hydrogen-bond acceptors (Lipinski definition) is 6. The fourth-order valence-electron chi connectivity index (χ4n) is 2.77. The Kier molecular flexibility index (Phi) is 4.07. The first kappa shape index (κ1) is 14.3. The molecule has 0 aromatic carbocycles. The van der Waals surface area contributed by atoms with E-state index in [0.717, 1.165) is 24.6 Å². The molecule has 21 heavy (non-hydrogen) atoms. The van der Waals surface area contributed by atoms with Crippen molar-refractivity contribution in [3.8, 4) is 0 Å². The number of methoxy groups -OCH3 is 1. The standard InChI is InChI=1S/C15H20N4OS/c1-10-11-5-7-21-12(11)4-6-19(10)15-8-13(16-2)17-14(18-15)9-20-3/h5,7-8,10H,4,6,9H2,1-3H3,(H,16,17,18). The molecule has 0 fully saturated rings. The zero-order chi connectivity index (χ0) is 14.8. The summed E-state index contributed by atoms with van der Waals surface area (Å²) in [5, 5.41) is 5.28. The summed E-state index contributed by atoms with van der Waals surface area (Å²) in [7, 11) is 3.54. The maximum absolute atomic E-state index is 5.17. The second-order valence-corrected chi connectivity index (χ2v) is 6.13. The second kappa shape index (κ2) is 5.99. The molecule has 3 heterocycles. The summed E-state index contributed by atoms with van der Waals surface area (Å²) in [5.41, 5.74) is 1.42. The van der Waals surface area contributed by atoms with E-state index in [-0.39, 0.29) is 0 Å². The average Bonchev–Trinajstić information content (AvgIpc) is 2.97. The Balaban J connectivity index is 1.95. The molecule has 6 heteroatoms. The number of hydrogen-bond donors (Lipinski definition) is 1. The van der Waals surface area contributed by atoms with Crippen LogP contribution in [0.5, 0.6) is 0 Å². The van der Waals surface area contributed by atoms with E-state index >= 15 is 0 Å². The number of anilines is 2. The van der Waals surface area contributed by atoms with Crippen LogP contribution < -0.4 is 10.2 Å². The van der Waals surface area contributed by atoms with Gasteiger partial charge in [-0.05, 0) is 30.4 Å². The minimum Gasteiger partial charge on any atom is -0.377 e. The van der Waals surface area contributed by atoms with Gasteiger partial charge in [0.15, 0.2) is 5.82 Å². The van der Waals surface area contributed by atoms with E-state index in [1.807, 2.05) is 24.5 Å². The summed E-state index contributed by atoms with van der Waals surface area (Å²) in [6, 6.07) is 4.58. The van der Waals surface area contributed by atoms with Crippen molar-refractivity contribution in [2.45, 2.75) is 26.0 Å². The summed E-state index contributed by atoms with van der Waals surface area (Å²) in [6.45, 7) is 3.65. The van der Waals surface area contributed by atoms with Crippen LogP contribution in [0.1, 0.15) is 29.2 Å². The van der Waals surface area contributed by atoms with Gasteiger partial charge >= 0.3 is 0 Å². The van der Waals surface area contributed by atoms with Crippen LogP contribution in [0.3, 0.4) is 0 Å². The first-order chi connectivity index (χ1) is 10.2. The minimum absolute atomic E-state index is 0.343. The van der Waals surface area contributed by atoms with E-state index in [0.29, 0.717) is 18.5 Å². The van der Waals surface area contributed by atoms with E-state index in [1.165, 1.54) is 10.4 Å². The maximum Gasteiger partial charge on any atom is 0.158 e. The highest BCUT2D eigenvalue weighted by Crippen LogP contribution is 2.35. The summed E-state index contributed by atoms with van der Waals surface area (Å²) < 4.78 is 5.17. The molecule has 0 aliphatic carbocycles. The minimum atomic E-state index is 0.343. The predicted molar refractivity (Wildman–Crippen MR) is 86.1 cm³/mol. The highest BCUT2D eigenvalue weighted by Gasteiger charge is 2.26. The third-order valence-corrected chi connectivity index (χ3v) is 4.86. The van der Waals surface area contributed by atoms with Gasteiger partial charge in [-0.3, -0.25) is 0 Å². The molecule has 1 unspecified atom stereocenters. The van der Waals surface area contributed by atoms with Crippen LogP contribution in [0.4, 0.5) is 11.6 Å². The number of rotatable bonds is 4. The lowest BCUT2D eigenvalue weighted by atomic mass is 10.0. The molecule has 2 aromatic rings. The number of thiophene rings is 1. The zero-order valence-corrected chi connectivity index (χ0v) is 13.4. The van der Waals surface area contributed by atoms with E-state index in [1.54, 1.807) is 7.11 Å². The second-order valence-electron chi connectivity index (χ2n) is 5.13. The van der Waals surface area contributed by atoms with Gasteiger partial charge in [0.25, 0.3) is 0 Å². The van der Waals surface area contributed by atoms with E-state index in [9.17, 15) is 0 Å². The van der Waals surface area contributed by atoms with Crippen LogP contribution in [0.15, 0.2) is 17.5 Å². The van der Waals surface area contributed by atoms with Crippen molar-refractivity contribution in [2.75, 3.05) is 30.9 Å². The van der Waals surface area contributed by atoms with Crippen molar-refractivity contribution in [3.63, 3.8) is 0 Å². The quantitative estimate of drug-likeness (QED) is 0.941. The zero-order valence-electron chi connectivity index (χ0n) is 12.6. The summed E-state index contributed by atoms with van der Waals surface area (Å²) in [4.78, 5) is 12.9. The van der Waals surface area contributed by atoms with E-state index < -0.39 is 0 Å². The number of nitrogens with one attached hydrogen (secondary N) is 1. The molecule has 0 saturated heterocycles. The first-order valence-corrected chi connectivity index (χ1v) is 7.98. The van der Waals surface area contributed by atoms with Gasteiger partial charge in [-0.2, -0.15) is 0 Å². The molecular formula is C15H20N4OS. The van der Waals surface area contributed by atoms with Gasteiger partial charge < -0.3 is 15.0 Å². The number of nitrogens with zero attached hydrogens (tertiary/aromatic N) is 3. The molecule has 1 aliphatic heterocycles. The van der Waals surface area contributed by atoms with Crippen molar-refractivity contribution >= 4 is 23.0 Å². The first-order valence-electron chi connectivity index (χ1n) is 7.10. The molecule has 2 aromatic heterocycles. The lowest BCUT2D eigenvalue weighted by Gasteiger charge is -2.34. The molecule has 0 amide bonds. The molecule has 1 aliphatic rings. The monoisotopic (exact) mass is 304 g/mol. The molecule has 112 valence electrons. The highest BCUT2D eigenvalue weighted by molar-refractivity contribution is 7.10. The fraction of sp³-hybridized carbons (Fsp3) is 0.467. The van der Waals surface area contributed by atoms with E-state index in [4.69, 9.17) is 4.74 Å². The molecule has 0 saturated carbocycles. The normalized spacial score (nSPS) is 17.7. The van der Waals surface area contributed by atoms with Gasteiger partial charge in [0.1, 0.15) is 18.2 Å². The highest BCUT2D eigenvalue weighted by atomic mass is 32.1.